The quantitative estimate of drug-likeness (QED) is 0.354. The molecule has 0 saturated carbocycles. The van der Waals surface area contributed by atoms with Crippen LogP contribution in [0.4, 0.5) is 11.4 Å². The van der Waals surface area contributed by atoms with Crippen LogP contribution in [-0.4, -0.2) is 32.3 Å². The van der Waals surface area contributed by atoms with Gasteiger partial charge in [-0.1, -0.05) is 71.9 Å². The molecular formula is C24H20ClN5O2S. The number of carbonyl (C=O) groups is 2. The molecule has 2 N–H and O–H groups in total. The number of hydrogen-bond acceptors (Lipinski definition) is 5. The molecule has 0 atom stereocenters. The highest BCUT2D eigenvalue weighted by molar-refractivity contribution is 7.99. The number of rotatable bonds is 7. The largest absolute Gasteiger partial charge is 0.326 e. The van der Waals surface area contributed by atoms with Crippen molar-refractivity contribution < 1.29 is 9.59 Å². The Morgan fingerprint density at radius 1 is 0.939 bits per heavy atom. The number of thioether (sulfide) groups is 1. The smallest absolute Gasteiger partial charge is 0.234 e. The van der Waals surface area contributed by atoms with Crippen LogP contribution in [0.15, 0.2) is 84.0 Å². The Bertz CT molecular complexity index is 1280. The van der Waals surface area contributed by atoms with Crippen molar-refractivity contribution in [3.05, 3.63) is 83.9 Å². The molecule has 2 amide bonds. The van der Waals surface area contributed by atoms with Gasteiger partial charge in [0.1, 0.15) is 0 Å². The number of hydrogen-bond donors (Lipinski definition) is 2. The maximum Gasteiger partial charge on any atom is 0.234 e. The van der Waals surface area contributed by atoms with Gasteiger partial charge in [-0.05, 0) is 30.3 Å². The Labute approximate surface area is 200 Å². The van der Waals surface area contributed by atoms with Gasteiger partial charge < -0.3 is 10.6 Å². The highest BCUT2D eigenvalue weighted by Gasteiger charge is 2.17. The number of para-hydroxylation sites is 1. The molecule has 7 nitrogen and oxygen atoms in total. The summed E-state index contributed by atoms with van der Waals surface area (Å²) in [4.78, 5) is 24.0. The van der Waals surface area contributed by atoms with Crippen molar-refractivity contribution in [2.24, 2.45) is 0 Å². The van der Waals surface area contributed by atoms with Crippen LogP contribution in [0.2, 0.25) is 5.02 Å². The van der Waals surface area contributed by atoms with Crippen LogP contribution in [0.5, 0.6) is 0 Å². The number of amides is 2. The zero-order chi connectivity index (χ0) is 23.2. The molecule has 9 heteroatoms. The normalized spacial score (nSPS) is 10.6. The summed E-state index contributed by atoms with van der Waals surface area (Å²) in [5.41, 5.74) is 2.79. The molecule has 1 heterocycles. The molecule has 33 heavy (non-hydrogen) atoms. The number of anilines is 2. The molecule has 0 unspecified atom stereocenters. The van der Waals surface area contributed by atoms with Gasteiger partial charge in [0, 0.05) is 23.9 Å². The Morgan fingerprint density at radius 3 is 2.33 bits per heavy atom. The summed E-state index contributed by atoms with van der Waals surface area (Å²) in [7, 11) is 0. The number of benzene rings is 3. The molecule has 3 aromatic carbocycles. The van der Waals surface area contributed by atoms with E-state index in [9.17, 15) is 9.59 Å². The Hall–Kier alpha value is -3.62. The first kappa shape index (κ1) is 22.6. The number of nitrogens with one attached hydrogen (secondary N) is 2. The van der Waals surface area contributed by atoms with Gasteiger partial charge in [0.05, 0.1) is 16.5 Å². The van der Waals surface area contributed by atoms with Gasteiger partial charge in [-0.25, -0.2) is 0 Å². The lowest BCUT2D eigenvalue weighted by Gasteiger charge is -2.11. The van der Waals surface area contributed by atoms with Gasteiger partial charge in [0.2, 0.25) is 11.8 Å². The van der Waals surface area contributed by atoms with Crippen molar-refractivity contribution in [2.75, 3.05) is 16.4 Å². The Balaban J connectivity index is 1.54. The summed E-state index contributed by atoms with van der Waals surface area (Å²) in [6.45, 7) is 1.41. The fourth-order valence-electron chi connectivity index (χ4n) is 3.17. The first-order valence-corrected chi connectivity index (χ1v) is 11.4. The van der Waals surface area contributed by atoms with Gasteiger partial charge in [0.25, 0.3) is 0 Å². The van der Waals surface area contributed by atoms with Gasteiger partial charge in [-0.15, -0.1) is 10.2 Å². The van der Waals surface area contributed by atoms with E-state index in [1.54, 1.807) is 18.2 Å². The fourth-order valence-corrected chi connectivity index (χ4v) is 4.08. The molecule has 0 aliphatic rings. The predicted molar refractivity (Wildman–Crippen MR) is 132 cm³/mol. The maximum atomic E-state index is 12.7. The second-order valence-corrected chi connectivity index (χ2v) is 8.41. The van der Waals surface area contributed by atoms with Crippen molar-refractivity contribution in [1.29, 1.82) is 0 Å². The molecule has 1 aromatic heterocycles. The molecular weight excluding hydrogens is 458 g/mol. The fraction of sp³-hybridized carbons (Fsp3) is 0.0833. The number of aromatic nitrogens is 3. The van der Waals surface area contributed by atoms with Crippen LogP contribution in [0.25, 0.3) is 17.1 Å². The van der Waals surface area contributed by atoms with Crippen LogP contribution in [-0.2, 0) is 9.59 Å². The lowest BCUT2D eigenvalue weighted by Crippen LogP contribution is -2.15. The zero-order valence-electron chi connectivity index (χ0n) is 17.7. The number of halogens is 1. The lowest BCUT2D eigenvalue weighted by atomic mass is 10.2. The number of nitrogens with zero attached hydrogens (tertiary/aromatic N) is 3. The summed E-state index contributed by atoms with van der Waals surface area (Å²) in [6.07, 6.45) is 0. The maximum absolute atomic E-state index is 12.7. The van der Waals surface area contributed by atoms with Crippen molar-refractivity contribution in [3.63, 3.8) is 0 Å². The van der Waals surface area contributed by atoms with E-state index < -0.39 is 0 Å². The van der Waals surface area contributed by atoms with E-state index in [-0.39, 0.29) is 17.6 Å². The average Bonchev–Trinajstić information content (AvgIpc) is 3.25. The molecule has 0 fully saturated rings. The summed E-state index contributed by atoms with van der Waals surface area (Å²) in [5, 5.41) is 15.1. The first-order valence-electron chi connectivity index (χ1n) is 10.1. The Morgan fingerprint density at radius 2 is 1.64 bits per heavy atom. The zero-order valence-corrected chi connectivity index (χ0v) is 19.2. The van der Waals surface area contributed by atoms with Crippen LogP contribution >= 0.6 is 23.4 Å². The lowest BCUT2D eigenvalue weighted by molar-refractivity contribution is -0.114. The van der Waals surface area contributed by atoms with E-state index in [0.29, 0.717) is 27.4 Å². The van der Waals surface area contributed by atoms with Crippen molar-refractivity contribution in [2.45, 2.75) is 12.1 Å². The molecule has 0 spiro atoms. The SMILES string of the molecule is CC(=O)Nc1ccc(Cl)c(NC(=O)CSc2nnc(-c3ccccc3)n2-c2ccccc2)c1. The van der Waals surface area contributed by atoms with Gasteiger partial charge in [-0.3, -0.25) is 14.2 Å². The van der Waals surface area contributed by atoms with Crippen molar-refractivity contribution in [3.8, 4) is 17.1 Å². The monoisotopic (exact) mass is 477 g/mol. The molecule has 0 bridgehead atoms. The third kappa shape index (κ3) is 5.60. The highest BCUT2D eigenvalue weighted by atomic mass is 35.5. The van der Waals surface area contributed by atoms with E-state index in [0.717, 1.165) is 11.3 Å². The van der Waals surface area contributed by atoms with Gasteiger partial charge >= 0.3 is 0 Å². The van der Waals surface area contributed by atoms with Crippen molar-refractivity contribution in [1.82, 2.24) is 14.8 Å². The van der Waals surface area contributed by atoms with Crippen LogP contribution in [0.3, 0.4) is 0 Å². The third-order valence-corrected chi connectivity index (χ3v) is 5.83. The van der Waals surface area contributed by atoms with E-state index in [4.69, 9.17) is 11.6 Å². The topological polar surface area (TPSA) is 88.9 Å². The summed E-state index contributed by atoms with van der Waals surface area (Å²) < 4.78 is 1.93. The van der Waals surface area contributed by atoms with Crippen LogP contribution in [0, 0.1) is 0 Å². The second-order valence-electron chi connectivity index (χ2n) is 7.06. The Kier molecular flexibility index (Phi) is 7.07. The van der Waals surface area contributed by atoms with Gasteiger partial charge in [-0.2, -0.15) is 0 Å². The first-order chi connectivity index (χ1) is 16.0. The van der Waals surface area contributed by atoms with Crippen LogP contribution in [0.1, 0.15) is 6.92 Å². The minimum Gasteiger partial charge on any atom is -0.326 e. The average molecular weight is 478 g/mol. The summed E-state index contributed by atoms with van der Waals surface area (Å²) in [6, 6.07) is 24.4. The van der Waals surface area contributed by atoms with E-state index in [1.807, 2.05) is 65.2 Å². The second kappa shape index (κ2) is 10.3. The molecule has 0 radical (unpaired) electrons. The molecule has 166 valence electrons. The van der Waals surface area contributed by atoms with Crippen molar-refractivity contribution >= 4 is 46.6 Å². The minimum atomic E-state index is -0.259. The summed E-state index contributed by atoms with van der Waals surface area (Å²) in [5.74, 6) is 0.321. The van der Waals surface area contributed by atoms with Crippen LogP contribution < -0.4 is 10.6 Å². The minimum absolute atomic E-state index is 0.0977. The molecule has 0 aliphatic heterocycles. The predicted octanol–water partition coefficient (Wildman–Crippen LogP) is 5.28. The standard InChI is InChI=1S/C24H20ClN5O2S/c1-16(31)26-18-12-13-20(25)21(14-18)27-22(32)15-33-24-29-28-23(17-8-4-2-5-9-17)30(24)19-10-6-3-7-11-19/h2-14H,15H2,1H3,(H,26,31)(H,27,32). The van der Waals surface area contributed by atoms with E-state index >= 15 is 0 Å². The molecule has 4 aromatic rings. The highest BCUT2D eigenvalue weighted by Crippen LogP contribution is 2.29. The molecule has 4 rings (SSSR count). The number of carbonyl (C=O) groups excluding carboxylic acids is 2. The van der Waals surface area contributed by atoms with Gasteiger partial charge in [0.15, 0.2) is 11.0 Å². The van der Waals surface area contributed by atoms with E-state index in [2.05, 4.69) is 20.8 Å². The molecule has 0 saturated heterocycles. The van der Waals surface area contributed by atoms with E-state index in [1.165, 1.54) is 18.7 Å². The molecule has 0 aliphatic carbocycles. The summed E-state index contributed by atoms with van der Waals surface area (Å²) >= 11 is 7.48. The third-order valence-electron chi connectivity index (χ3n) is 4.57.